The van der Waals surface area contributed by atoms with Crippen LogP contribution in [0.3, 0.4) is 0 Å². The second-order valence-corrected chi connectivity index (χ2v) is 4.98. The Labute approximate surface area is 126 Å². The van der Waals surface area contributed by atoms with E-state index in [1.807, 2.05) is 24.3 Å². The van der Waals surface area contributed by atoms with Crippen LogP contribution in [0.25, 0.3) is 0 Å². The summed E-state index contributed by atoms with van der Waals surface area (Å²) in [5.74, 6) is 0.831. The number of carbonyl (C=O) groups excluding carboxylic acids is 1. The van der Waals surface area contributed by atoms with Crippen LogP contribution in [0.2, 0.25) is 0 Å². The molecule has 5 heteroatoms. The number of rotatable bonds is 7. The van der Waals surface area contributed by atoms with Crippen LogP contribution in [0.4, 0.5) is 10.5 Å². The van der Waals surface area contributed by atoms with Crippen molar-refractivity contribution < 1.29 is 9.53 Å². The van der Waals surface area contributed by atoms with Crippen molar-refractivity contribution in [1.82, 2.24) is 10.6 Å². The molecule has 0 spiro atoms. The van der Waals surface area contributed by atoms with Crippen LogP contribution in [0.1, 0.15) is 19.8 Å². The molecular weight excluding hydrogens is 266 g/mol. The van der Waals surface area contributed by atoms with Gasteiger partial charge in [0.1, 0.15) is 5.75 Å². The average Bonchev–Trinajstić information content (AvgIpc) is 2.48. The molecule has 1 saturated heterocycles. The molecule has 0 unspecified atom stereocenters. The van der Waals surface area contributed by atoms with Gasteiger partial charge in [0.2, 0.25) is 0 Å². The van der Waals surface area contributed by atoms with Crippen LogP contribution < -0.4 is 20.3 Å². The van der Waals surface area contributed by atoms with E-state index in [0.29, 0.717) is 13.2 Å². The maximum Gasteiger partial charge on any atom is 0.326 e. The van der Waals surface area contributed by atoms with Crippen LogP contribution >= 0.6 is 0 Å². The van der Waals surface area contributed by atoms with Gasteiger partial charge in [-0.3, -0.25) is 4.90 Å². The zero-order chi connectivity index (χ0) is 15.1. The lowest BCUT2D eigenvalue weighted by atomic mass is 10.2. The fraction of sp³-hybridized carbons (Fsp3) is 0.438. The van der Waals surface area contributed by atoms with Crippen LogP contribution in [0, 0.1) is 0 Å². The molecule has 114 valence electrons. The number of anilines is 1. The molecule has 2 rings (SSSR count). The maximum atomic E-state index is 11.9. The van der Waals surface area contributed by atoms with Gasteiger partial charge in [-0.15, -0.1) is 0 Å². The Hall–Kier alpha value is -2.01. The Morgan fingerprint density at radius 2 is 2.14 bits per heavy atom. The summed E-state index contributed by atoms with van der Waals surface area (Å²) in [6.07, 6.45) is 1.75. The van der Waals surface area contributed by atoms with Crippen LogP contribution in [0.15, 0.2) is 36.5 Å². The first-order valence-electron chi connectivity index (χ1n) is 7.40. The fourth-order valence-corrected chi connectivity index (χ4v) is 2.16. The number of nitrogens with zero attached hydrogens (tertiary/aromatic N) is 1. The lowest BCUT2D eigenvalue weighted by Crippen LogP contribution is -2.45. The van der Waals surface area contributed by atoms with Gasteiger partial charge in [-0.05, 0) is 43.8 Å². The van der Waals surface area contributed by atoms with E-state index < -0.39 is 0 Å². The molecule has 1 heterocycles. The summed E-state index contributed by atoms with van der Waals surface area (Å²) in [5.41, 5.74) is 1.65. The van der Waals surface area contributed by atoms with E-state index >= 15 is 0 Å². The van der Waals surface area contributed by atoms with Crippen molar-refractivity contribution in [1.29, 1.82) is 0 Å². The van der Waals surface area contributed by atoms with Crippen LogP contribution in [-0.4, -0.2) is 32.3 Å². The van der Waals surface area contributed by atoms with Crippen molar-refractivity contribution in [2.24, 2.45) is 0 Å². The number of amides is 2. The first-order chi connectivity index (χ1) is 10.2. The summed E-state index contributed by atoms with van der Waals surface area (Å²) in [6, 6.07) is 7.50. The number of nitrogens with one attached hydrogen (secondary N) is 2. The summed E-state index contributed by atoms with van der Waals surface area (Å²) in [5, 5.41) is 6.01. The molecule has 1 aromatic rings. The fourth-order valence-electron chi connectivity index (χ4n) is 2.16. The Kier molecular flexibility index (Phi) is 5.63. The number of urea groups is 1. The minimum atomic E-state index is -0.120. The third-order valence-electron chi connectivity index (χ3n) is 3.33. The number of hydrogen-bond acceptors (Lipinski definition) is 3. The molecule has 1 aromatic carbocycles. The third kappa shape index (κ3) is 4.49. The predicted molar refractivity (Wildman–Crippen MR) is 84.7 cm³/mol. The van der Waals surface area contributed by atoms with Gasteiger partial charge in [0, 0.05) is 24.4 Å². The van der Waals surface area contributed by atoms with Crippen molar-refractivity contribution in [2.45, 2.75) is 19.8 Å². The number of benzene rings is 1. The average molecular weight is 289 g/mol. The molecule has 0 bridgehead atoms. The topological polar surface area (TPSA) is 53.6 Å². The highest BCUT2D eigenvalue weighted by atomic mass is 16.5. The van der Waals surface area contributed by atoms with E-state index in [-0.39, 0.29) is 6.03 Å². The zero-order valence-electron chi connectivity index (χ0n) is 12.5. The third-order valence-corrected chi connectivity index (χ3v) is 3.33. The largest absolute Gasteiger partial charge is 0.494 e. The summed E-state index contributed by atoms with van der Waals surface area (Å²) in [7, 11) is 0. The van der Waals surface area contributed by atoms with Gasteiger partial charge in [-0.25, -0.2) is 4.79 Å². The second kappa shape index (κ2) is 7.69. The van der Waals surface area contributed by atoms with Crippen molar-refractivity contribution >= 4 is 11.7 Å². The van der Waals surface area contributed by atoms with E-state index in [1.165, 1.54) is 0 Å². The van der Waals surface area contributed by atoms with Gasteiger partial charge < -0.3 is 15.4 Å². The minimum Gasteiger partial charge on any atom is -0.494 e. The van der Waals surface area contributed by atoms with Crippen molar-refractivity contribution in [2.75, 3.05) is 31.1 Å². The number of ether oxygens (including phenoxy) is 1. The molecule has 2 amide bonds. The molecule has 1 aliphatic heterocycles. The highest BCUT2D eigenvalue weighted by Crippen LogP contribution is 2.22. The van der Waals surface area contributed by atoms with E-state index in [0.717, 1.165) is 43.1 Å². The highest BCUT2D eigenvalue weighted by Gasteiger charge is 2.20. The Morgan fingerprint density at radius 3 is 2.81 bits per heavy atom. The van der Waals surface area contributed by atoms with Crippen molar-refractivity contribution in [3.05, 3.63) is 36.5 Å². The molecule has 0 saturated carbocycles. The Balaban J connectivity index is 1.84. The van der Waals surface area contributed by atoms with Gasteiger partial charge >= 0.3 is 6.03 Å². The molecule has 0 aliphatic carbocycles. The lowest BCUT2D eigenvalue weighted by molar-refractivity contribution is 0.246. The van der Waals surface area contributed by atoms with E-state index in [9.17, 15) is 4.79 Å². The van der Waals surface area contributed by atoms with E-state index in [2.05, 4.69) is 24.1 Å². The zero-order valence-corrected chi connectivity index (χ0v) is 12.5. The number of hydrogen-bond donors (Lipinski definition) is 2. The standard InChI is InChI=1S/C16H23N3O2/c1-3-17-10-4-12-21-15-7-5-14(6-8-15)19-11-9-13(2)18-16(19)20/h5-8,17H,2-4,9-12H2,1H3,(H,18,20). The molecule has 2 N–H and O–H groups in total. The van der Waals surface area contributed by atoms with Crippen LogP contribution in [0.5, 0.6) is 5.75 Å². The molecule has 5 nitrogen and oxygen atoms in total. The molecule has 0 aromatic heterocycles. The summed E-state index contributed by atoms with van der Waals surface area (Å²) >= 11 is 0. The summed E-state index contributed by atoms with van der Waals surface area (Å²) in [6.45, 7) is 9.17. The minimum absolute atomic E-state index is 0.120. The summed E-state index contributed by atoms with van der Waals surface area (Å²) in [4.78, 5) is 13.6. The number of carbonyl (C=O) groups is 1. The van der Waals surface area contributed by atoms with E-state index in [4.69, 9.17) is 4.74 Å². The monoisotopic (exact) mass is 289 g/mol. The maximum absolute atomic E-state index is 11.9. The summed E-state index contributed by atoms with van der Waals surface area (Å²) < 4.78 is 5.67. The molecular formula is C16H23N3O2. The van der Waals surface area contributed by atoms with Gasteiger partial charge in [-0.1, -0.05) is 13.5 Å². The Bertz CT molecular complexity index is 485. The molecule has 21 heavy (non-hydrogen) atoms. The van der Waals surface area contributed by atoms with Gasteiger partial charge in [0.25, 0.3) is 0 Å². The van der Waals surface area contributed by atoms with Crippen LogP contribution in [-0.2, 0) is 0 Å². The first kappa shape index (κ1) is 15.4. The van der Waals surface area contributed by atoms with Crippen molar-refractivity contribution in [3.8, 4) is 5.75 Å². The quantitative estimate of drug-likeness (QED) is 0.758. The highest BCUT2D eigenvalue weighted by molar-refractivity contribution is 5.94. The smallest absolute Gasteiger partial charge is 0.326 e. The molecule has 1 fully saturated rings. The van der Waals surface area contributed by atoms with Gasteiger partial charge in [0.15, 0.2) is 0 Å². The molecule has 0 radical (unpaired) electrons. The van der Waals surface area contributed by atoms with Gasteiger partial charge in [0.05, 0.1) is 6.61 Å². The van der Waals surface area contributed by atoms with E-state index in [1.54, 1.807) is 4.90 Å². The van der Waals surface area contributed by atoms with Crippen molar-refractivity contribution in [3.63, 3.8) is 0 Å². The normalized spacial score (nSPS) is 15.0. The SMILES string of the molecule is C=C1CCN(c2ccc(OCCCNCC)cc2)C(=O)N1. The van der Waals surface area contributed by atoms with Gasteiger partial charge in [-0.2, -0.15) is 0 Å². The second-order valence-electron chi connectivity index (χ2n) is 4.98. The predicted octanol–water partition coefficient (Wildman–Crippen LogP) is 2.50. The lowest BCUT2D eigenvalue weighted by Gasteiger charge is -2.28. The molecule has 0 atom stereocenters. The Morgan fingerprint density at radius 1 is 1.38 bits per heavy atom. The molecule has 1 aliphatic rings. The first-order valence-corrected chi connectivity index (χ1v) is 7.40.